The Balaban J connectivity index is 1.69. The maximum atomic E-state index is 13.4. The van der Waals surface area contributed by atoms with Crippen LogP contribution in [0.4, 0.5) is 4.39 Å². The number of carbonyl (C=O) groups is 1. The van der Waals surface area contributed by atoms with Gasteiger partial charge in [0, 0.05) is 39.8 Å². The van der Waals surface area contributed by atoms with Crippen LogP contribution < -0.4 is 0 Å². The van der Waals surface area contributed by atoms with Crippen LogP contribution in [0.25, 0.3) is 0 Å². The van der Waals surface area contributed by atoms with Crippen LogP contribution in [0.2, 0.25) is 0 Å². The van der Waals surface area contributed by atoms with Gasteiger partial charge in [-0.2, -0.15) is 4.31 Å². The van der Waals surface area contributed by atoms with Crippen molar-refractivity contribution in [3.8, 4) is 0 Å². The van der Waals surface area contributed by atoms with Crippen LogP contribution >= 0.6 is 0 Å². The fourth-order valence-corrected chi connectivity index (χ4v) is 4.83. The second-order valence-electron chi connectivity index (χ2n) is 6.42. The molecular formula is C16H22FN3O3S. The molecule has 2 heterocycles. The van der Waals surface area contributed by atoms with E-state index < -0.39 is 15.8 Å². The Morgan fingerprint density at radius 2 is 1.79 bits per heavy atom. The molecule has 2 fully saturated rings. The number of aryl methyl sites for hydroxylation is 1. The second kappa shape index (κ2) is 6.42. The van der Waals surface area contributed by atoms with Crippen LogP contribution in [0.1, 0.15) is 12.0 Å². The van der Waals surface area contributed by atoms with E-state index in [1.54, 1.807) is 18.9 Å². The molecule has 1 aromatic rings. The Morgan fingerprint density at radius 3 is 2.33 bits per heavy atom. The Morgan fingerprint density at radius 1 is 1.12 bits per heavy atom. The zero-order chi connectivity index (χ0) is 17.5. The molecule has 132 valence electrons. The number of carbonyl (C=O) groups excluding carboxylic acids is 1. The average Bonchev–Trinajstić information content (AvgIpc) is 2.89. The van der Waals surface area contributed by atoms with Gasteiger partial charge in [0.15, 0.2) is 0 Å². The summed E-state index contributed by atoms with van der Waals surface area (Å²) < 4.78 is 40.2. The number of sulfonamides is 1. The first-order chi connectivity index (χ1) is 11.3. The van der Waals surface area contributed by atoms with E-state index in [1.165, 1.54) is 22.5 Å². The number of hydrogen-bond acceptors (Lipinski definition) is 4. The van der Waals surface area contributed by atoms with E-state index >= 15 is 0 Å². The van der Waals surface area contributed by atoms with Gasteiger partial charge in [-0.1, -0.05) is 0 Å². The summed E-state index contributed by atoms with van der Waals surface area (Å²) in [5.41, 5.74) is 0.314. The van der Waals surface area contributed by atoms with Gasteiger partial charge in [0.05, 0.1) is 10.9 Å². The van der Waals surface area contributed by atoms with E-state index in [-0.39, 0.29) is 16.8 Å². The summed E-state index contributed by atoms with van der Waals surface area (Å²) in [7, 11) is -1.84. The number of amides is 1. The number of nitrogens with zero attached hydrogens (tertiary/aromatic N) is 3. The van der Waals surface area contributed by atoms with Crippen LogP contribution in [0.5, 0.6) is 0 Å². The Kier molecular flexibility index (Phi) is 4.63. The molecule has 1 atom stereocenters. The molecule has 1 aromatic carbocycles. The van der Waals surface area contributed by atoms with Gasteiger partial charge >= 0.3 is 0 Å². The van der Waals surface area contributed by atoms with Crippen molar-refractivity contribution in [2.24, 2.45) is 0 Å². The Labute approximate surface area is 141 Å². The number of hydrogen-bond donors (Lipinski definition) is 0. The Hall–Kier alpha value is -1.51. The first-order valence-electron chi connectivity index (χ1n) is 8.06. The van der Waals surface area contributed by atoms with Crippen molar-refractivity contribution in [1.29, 1.82) is 0 Å². The van der Waals surface area contributed by atoms with Crippen molar-refractivity contribution in [3.63, 3.8) is 0 Å². The molecule has 3 rings (SSSR count). The number of likely N-dealkylation sites (tertiary alicyclic amines) is 1. The summed E-state index contributed by atoms with van der Waals surface area (Å²) in [6.07, 6.45) is 0.791. The monoisotopic (exact) mass is 355 g/mol. The molecular weight excluding hydrogens is 333 g/mol. The highest BCUT2D eigenvalue weighted by Gasteiger charge is 2.37. The number of benzene rings is 1. The Bertz CT molecular complexity index is 745. The van der Waals surface area contributed by atoms with E-state index in [9.17, 15) is 17.6 Å². The molecule has 2 aliphatic heterocycles. The van der Waals surface area contributed by atoms with Gasteiger partial charge in [0.25, 0.3) is 0 Å². The maximum Gasteiger partial charge on any atom is 0.243 e. The van der Waals surface area contributed by atoms with Gasteiger partial charge in [-0.05, 0) is 37.1 Å². The van der Waals surface area contributed by atoms with E-state index in [1.807, 2.05) is 0 Å². The topological polar surface area (TPSA) is 60.9 Å². The maximum absolute atomic E-state index is 13.4. The lowest BCUT2D eigenvalue weighted by Crippen LogP contribution is -2.53. The zero-order valence-electron chi connectivity index (χ0n) is 13.9. The standard InChI is InChI=1S/C16H22FN3O3S/c1-12-11-13(3-4-14(12)17)24(22,23)20-9-7-19(8-10-20)15-5-6-18(2)16(15)21/h3-4,11,15H,5-10H2,1-2H3. The first-order valence-corrected chi connectivity index (χ1v) is 9.50. The van der Waals surface area contributed by atoms with E-state index in [0.29, 0.717) is 31.7 Å². The van der Waals surface area contributed by atoms with Crippen molar-refractivity contribution < 1.29 is 17.6 Å². The molecule has 24 heavy (non-hydrogen) atoms. The summed E-state index contributed by atoms with van der Waals surface area (Å²) in [6.45, 7) is 4.04. The molecule has 0 bridgehead atoms. The third-order valence-corrected chi connectivity index (χ3v) is 6.78. The minimum Gasteiger partial charge on any atom is -0.344 e. The van der Waals surface area contributed by atoms with E-state index in [0.717, 1.165) is 13.0 Å². The summed E-state index contributed by atoms with van der Waals surface area (Å²) in [4.78, 5) is 16.0. The quantitative estimate of drug-likeness (QED) is 0.800. The SMILES string of the molecule is Cc1cc(S(=O)(=O)N2CCN(C3CCN(C)C3=O)CC2)ccc1F. The van der Waals surface area contributed by atoms with Crippen molar-refractivity contribution in [1.82, 2.24) is 14.1 Å². The minimum absolute atomic E-state index is 0.112. The molecule has 0 aliphatic carbocycles. The van der Waals surface area contributed by atoms with Crippen LogP contribution in [0.3, 0.4) is 0 Å². The average molecular weight is 355 g/mol. The third-order valence-electron chi connectivity index (χ3n) is 4.88. The summed E-state index contributed by atoms with van der Waals surface area (Å²) in [5.74, 6) is -0.303. The van der Waals surface area contributed by atoms with Crippen LogP contribution in [0.15, 0.2) is 23.1 Å². The van der Waals surface area contributed by atoms with E-state index in [2.05, 4.69) is 4.90 Å². The molecule has 1 amide bonds. The highest BCUT2D eigenvalue weighted by Crippen LogP contribution is 2.22. The number of rotatable bonds is 3. The van der Waals surface area contributed by atoms with Crippen LogP contribution in [-0.2, 0) is 14.8 Å². The number of halogens is 1. The lowest BCUT2D eigenvalue weighted by Gasteiger charge is -2.36. The van der Waals surface area contributed by atoms with Crippen molar-refractivity contribution in [2.45, 2.75) is 24.3 Å². The molecule has 2 aliphatic rings. The van der Waals surface area contributed by atoms with Gasteiger partial charge in [-0.15, -0.1) is 0 Å². The van der Waals surface area contributed by atoms with Crippen molar-refractivity contribution in [3.05, 3.63) is 29.6 Å². The predicted octanol–water partition coefficient (Wildman–Crippen LogP) is 0.671. The molecule has 1 unspecified atom stereocenters. The zero-order valence-corrected chi connectivity index (χ0v) is 14.7. The number of piperazine rings is 1. The minimum atomic E-state index is -3.63. The van der Waals surface area contributed by atoms with Gasteiger partial charge in [0.2, 0.25) is 15.9 Å². The first kappa shape index (κ1) is 17.3. The summed E-state index contributed by atoms with van der Waals surface area (Å²) in [6, 6.07) is 3.73. The van der Waals surface area contributed by atoms with Gasteiger partial charge < -0.3 is 4.90 Å². The molecule has 0 spiro atoms. The second-order valence-corrected chi connectivity index (χ2v) is 8.35. The van der Waals surface area contributed by atoms with Gasteiger partial charge in [-0.3, -0.25) is 9.69 Å². The fraction of sp³-hybridized carbons (Fsp3) is 0.562. The normalized spacial score (nSPS) is 23.9. The highest BCUT2D eigenvalue weighted by molar-refractivity contribution is 7.89. The lowest BCUT2D eigenvalue weighted by molar-refractivity contribution is -0.131. The third kappa shape index (κ3) is 3.05. The smallest absolute Gasteiger partial charge is 0.243 e. The van der Waals surface area contributed by atoms with Gasteiger partial charge in [-0.25, -0.2) is 12.8 Å². The molecule has 6 nitrogen and oxygen atoms in total. The van der Waals surface area contributed by atoms with Crippen LogP contribution in [0, 0.1) is 12.7 Å². The van der Waals surface area contributed by atoms with Crippen LogP contribution in [-0.4, -0.2) is 74.2 Å². The largest absolute Gasteiger partial charge is 0.344 e. The molecule has 8 heteroatoms. The predicted molar refractivity (Wildman–Crippen MR) is 87.5 cm³/mol. The summed E-state index contributed by atoms with van der Waals surface area (Å²) >= 11 is 0. The number of likely N-dealkylation sites (N-methyl/N-ethyl adjacent to an activating group) is 1. The fourth-order valence-electron chi connectivity index (χ4n) is 3.33. The van der Waals surface area contributed by atoms with Crippen molar-refractivity contribution >= 4 is 15.9 Å². The highest BCUT2D eigenvalue weighted by atomic mass is 32.2. The molecule has 0 aromatic heterocycles. The molecule has 0 N–H and O–H groups in total. The van der Waals surface area contributed by atoms with Gasteiger partial charge in [0.1, 0.15) is 5.82 Å². The molecule has 2 saturated heterocycles. The summed E-state index contributed by atoms with van der Waals surface area (Å²) in [5, 5.41) is 0. The lowest BCUT2D eigenvalue weighted by atomic mass is 10.2. The van der Waals surface area contributed by atoms with Crippen molar-refractivity contribution in [2.75, 3.05) is 39.8 Å². The molecule has 0 radical (unpaired) electrons. The molecule has 0 saturated carbocycles. The van der Waals surface area contributed by atoms with E-state index in [4.69, 9.17) is 0 Å².